The molecule has 0 fully saturated rings. The lowest BCUT2D eigenvalue weighted by Gasteiger charge is -2.10. The van der Waals surface area contributed by atoms with Gasteiger partial charge in [-0.2, -0.15) is 18.3 Å². The van der Waals surface area contributed by atoms with Crippen LogP contribution in [0.15, 0.2) is 59.4 Å². The predicted molar refractivity (Wildman–Crippen MR) is 116 cm³/mol. The molecule has 4 heterocycles. The number of alkyl halides is 3. The summed E-state index contributed by atoms with van der Waals surface area (Å²) in [7, 11) is 0. The van der Waals surface area contributed by atoms with Crippen LogP contribution in [0.5, 0.6) is 0 Å². The minimum absolute atomic E-state index is 0.0850. The molecule has 0 atom stereocenters. The summed E-state index contributed by atoms with van der Waals surface area (Å²) >= 11 is 0. The zero-order chi connectivity index (χ0) is 23.3. The summed E-state index contributed by atoms with van der Waals surface area (Å²) in [5.74, 6) is 0.728. The highest BCUT2D eigenvalue weighted by Crippen LogP contribution is 2.35. The molecule has 0 bridgehead atoms. The number of aryl methyl sites for hydroxylation is 3. The van der Waals surface area contributed by atoms with Gasteiger partial charge in [0.25, 0.3) is 0 Å². The quantitative estimate of drug-likeness (QED) is 0.335. The second-order valence-corrected chi connectivity index (χ2v) is 7.77. The third-order valence-electron chi connectivity index (χ3n) is 5.51. The first kappa shape index (κ1) is 20.9. The lowest BCUT2D eigenvalue weighted by atomic mass is 9.96. The van der Waals surface area contributed by atoms with Gasteiger partial charge in [-0.1, -0.05) is 17.3 Å². The van der Waals surface area contributed by atoms with Gasteiger partial charge in [0.05, 0.1) is 23.3 Å². The number of nitrogens with zero attached hydrogens (tertiary/aromatic N) is 5. The Morgan fingerprint density at radius 2 is 1.76 bits per heavy atom. The van der Waals surface area contributed by atoms with E-state index in [1.165, 1.54) is 22.7 Å². The SMILES string of the molecule is Cc1ccc(-c2cn3nc(-c4cccnc4C(F)(F)F)ccc3n2)cc1-c1c(C)noc1C. The van der Waals surface area contributed by atoms with E-state index < -0.39 is 11.9 Å². The number of pyridine rings is 1. The monoisotopic (exact) mass is 449 g/mol. The largest absolute Gasteiger partial charge is 0.434 e. The molecule has 0 aliphatic rings. The molecule has 0 radical (unpaired) electrons. The molecule has 166 valence electrons. The van der Waals surface area contributed by atoms with Gasteiger partial charge in [0, 0.05) is 22.9 Å². The van der Waals surface area contributed by atoms with Crippen molar-refractivity contribution >= 4 is 5.65 Å². The molecule has 0 aliphatic carbocycles. The van der Waals surface area contributed by atoms with Crippen molar-refractivity contribution in [2.45, 2.75) is 26.9 Å². The maximum Gasteiger partial charge on any atom is 0.434 e. The minimum atomic E-state index is -4.58. The van der Waals surface area contributed by atoms with Crippen molar-refractivity contribution in [3.05, 3.63) is 77.6 Å². The van der Waals surface area contributed by atoms with Crippen molar-refractivity contribution in [1.82, 2.24) is 24.7 Å². The lowest BCUT2D eigenvalue weighted by Crippen LogP contribution is -2.10. The zero-order valence-corrected chi connectivity index (χ0v) is 18.0. The van der Waals surface area contributed by atoms with E-state index in [9.17, 15) is 13.2 Å². The Bertz CT molecular complexity index is 1480. The first-order valence-electron chi connectivity index (χ1n) is 10.2. The average molecular weight is 449 g/mol. The van der Waals surface area contributed by atoms with Crippen LogP contribution >= 0.6 is 0 Å². The first-order chi connectivity index (χ1) is 15.7. The number of hydrogen-bond acceptors (Lipinski definition) is 5. The van der Waals surface area contributed by atoms with Gasteiger partial charge in [-0.15, -0.1) is 0 Å². The maximum absolute atomic E-state index is 13.4. The topological polar surface area (TPSA) is 69.1 Å². The first-order valence-corrected chi connectivity index (χ1v) is 10.2. The Kier molecular flexibility index (Phi) is 4.77. The summed E-state index contributed by atoms with van der Waals surface area (Å²) in [6.07, 6.45) is -1.76. The van der Waals surface area contributed by atoms with Crippen LogP contribution in [0.3, 0.4) is 0 Å². The lowest BCUT2D eigenvalue weighted by molar-refractivity contribution is -0.140. The third-order valence-corrected chi connectivity index (χ3v) is 5.51. The number of hydrogen-bond donors (Lipinski definition) is 0. The molecule has 0 saturated heterocycles. The van der Waals surface area contributed by atoms with E-state index in [2.05, 4.69) is 20.2 Å². The van der Waals surface area contributed by atoms with Gasteiger partial charge >= 0.3 is 6.18 Å². The Hall–Kier alpha value is -4.01. The fourth-order valence-electron chi connectivity index (χ4n) is 3.92. The normalized spacial score (nSPS) is 11.9. The van der Waals surface area contributed by atoms with Crippen LogP contribution < -0.4 is 0 Å². The molecule has 5 aromatic rings. The summed E-state index contributed by atoms with van der Waals surface area (Å²) in [6.45, 7) is 5.77. The number of benzene rings is 1. The number of imidazole rings is 1. The number of aromatic nitrogens is 5. The van der Waals surface area contributed by atoms with Gasteiger partial charge in [0.1, 0.15) is 5.76 Å². The molecule has 0 N–H and O–H groups in total. The van der Waals surface area contributed by atoms with Gasteiger partial charge in [0.15, 0.2) is 11.3 Å². The Balaban J connectivity index is 1.60. The minimum Gasteiger partial charge on any atom is -0.361 e. The molecule has 0 spiro atoms. The number of rotatable bonds is 3. The second kappa shape index (κ2) is 7.54. The molecule has 9 heteroatoms. The Labute approximate surface area is 186 Å². The predicted octanol–water partition coefficient (Wildman–Crippen LogP) is 6.06. The summed E-state index contributed by atoms with van der Waals surface area (Å²) < 4.78 is 47.0. The van der Waals surface area contributed by atoms with Crippen molar-refractivity contribution in [3.8, 4) is 33.6 Å². The average Bonchev–Trinajstić information content (AvgIpc) is 3.36. The van der Waals surface area contributed by atoms with Gasteiger partial charge in [0.2, 0.25) is 0 Å². The smallest absolute Gasteiger partial charge is 0.361 e. The summed E-state index contributed by atoms with van der Waals surface area (Å²) in [5, 5.41) is 8.42. The van der Waals surface area contributed by atoms with E-state index in [0.717, 1.165) is 39.9 Å². The van der Waals surface area contributed by atoms with Gasteiger partial charge < -0.3 is 4.52 Å². The Morgan fingerprint density at radius 1 is 0.939 bits per heavy atom. The molecule has 4 aromatic heterocycles. The van der Waals surface area contributed by atoms with E-state index >= 15 is 0 Å². The summed E-state index contributed by atoms with van der Waals surface area (Å²) in [5.41, 5.74) is 4.90. The van der Waals surface area contributed by atoms with Crippen molar-refractivity contribution < 1.29 is 17.7 Å². The van der Waals surface area contributed by atoms with E-state index in [0.29, 0.717) is 11.3 Å². The van der Waals surface area contributed by atoms with Crippen LogP contribution in [0.1, 0.15) is 22.7 Å². The van der Waals surface area contributed by atoms with Crippen LogP contribution in [-0.2, 0) is 6.18 Å². The van der Waals surface area contributed by atoms with Crippen LogP contribution in [0.4, 0.5) is 13.2 Å². The van der Waals surface area contributed by atoms with E-state index in [4.69, 9.17) is 4.52 Å². The fourth-order valence-corrected chi connectivity index (χ4v) is 3.92. The molecule has 6 nitrogen and oxygen atoms in total. The number of fused-ring (bicyclic) bond motifs is 1. The van der Waals surface area contributed by atoms with Gasteiger partial charge in [-0.05, 0) is 62.2 Å². The van der Waals surface area contributed by atoms with Crippen molar-refractivity contribution in [2.75, 3.05) is 0 Å². The van der Waals surface area contributed by atoms with Crippen molar-refractivity contribution in [2.24, 2.45) is 0 Å². The van der Waals surface area contributed by atoms with Gasteiger partial charge in [-0.25, -0.2) is 9.50 Å². The molecule has 0 saturated carbocycles. The molecule has 33 heavy (non-hydrogen) atoms. The summed E-state index contributed by atoms with van der Waals surface area (Å²) in [6, 6.07) is 11.9. The van der Waals surface area contributed by atoms with Crippen LogP contribution in [0.2, 0.25) is 0 Å². The highest BCUT2D eigenvalue weighted by molar-refractivity contribution is 5.77. The molecule has 0 amide bonds. The highest BCUT2D eigenvalue weighted by atomic mass is 19.4. The molecule has 0 aliphatic heterocycles. The second-order valence-electron chi connectivity index (χ2n) is 7.77. The van der Waals surface area contributed by atoms with Gasteiger partial charge in [-0.3, -0.25) is 4.98 Å². The van der Waals surface area contributed by atoms with Crippen LogP contribution in [-0.4, -0.2) is 24.7 Å². The molecular weight excluding hydrogens is 431 g/mol. The van der Waals surface area contributed by atoms with Crippen molar-refractivity contribution in [3.63, 3.8) is 0 Å². The van der Waals surface area contributed by atoms with E-state index in [1.54, 1.807) is 12.3 Å². The Morgan fingerprint density at radius 3 is 2.48 bits per heavy atom. The molecule has 0 unspecified atom stereocenters. The van der Waals surface area contributed by atoms with E-state index in [1.807, 2.05) is 39.0 Å². The molecule has 5 rings (SSSR count). The molecule has 1 aromatic carbocycles. The summed E-state index contributed by atoms with van der Waals surface area (Å²) in [4.78, 5) is 8.12. The fraction of sp³-hybridized carbons (Fsp3) is 0.167. The standard InChI is InChI=1S/C24H18F3N5O/c1-13-6-7-16(11-18(13)22-14(2)31-33-15(22)3)20-12-32-21(29-20)9-8-19(30-32)17-5-4-10-28-23(17)24(25,26)27/h4-12H,1-3H3. The maximum atomic E-state index is 13.4. The third kappa shape index (κ3) is 3.65. The number of halogens is 3. The van der Waals surface area contributed by atoms with E-state index in [-0.39, 0.29) is 11.3 Å². The van der Waals surface area contributed by atoms with Crippen LogP contribution in [0, 0.1) is 20.8 Å². The molecular formula is C24H18F3N5O. The highest BCUT2D eigenvalue weighted by Gasteiger charge is 2.35. The van der Waals surface area contributed by atoms with Crippen molar-refractivity contribution in [1.29, 1.82) is 0 Å². The zero-order valence-electron chi connectivity index (χ0n) is 18.0. The van der Waals surface area contributed by atoms with Crippen LogP contribution in [0.25, 0.3) is 39.3 Å².